The molecule has 3 heterocycles. The lowest BCUT2D eigenvalue weighted by Crippen LogP contribution is -2.32. The lowest BCUT2D eigenvalue weighted by atomic mass is 9.81. The van der Waals surface area contributed by atoms with Gasteiger partial charge in [0.2, 0.25) is 0 Å². The molecule has 0 spiro atoms. The summed E-state index contributed by atoms with van der Waals surface area (Å²) in [6.45, 7) is 2.82. The summed E-state index contributed by atoms with van der Waals surface area (Å²) in [5.41, 5.74) is 3.09. The lowest BCUT2D eigenvalue weighted by Gasteiger charge is -2.25. The number of aliphatic imine (C=N–C) groups is 1. The van der Waals surface area contributed by atoms with E-state index in [0.717, 1.165) is 23.9 Å². The first-order valence-electron chi connectivity index (χ1n) is 11.3. The van der Waals surface area contributed by atoms with E-state index in [9.17, 15) is 14.7 Å². The van der Waals surface area contributed by atoms with Gasteiger partial charge in [-0.2, -0.15) is 0 Å². The van der Waals surface area contributed by atoms with Gasteiger partial charge in [-0.3, -0.25) is 19.5 Å². The number of hydrogen-bond donors (Lipinski definition) is 4. The molecule has 2 aliphatic heterocycles. The van der Waals surface area contributed by atoms with Gasteiger partial charge < -0.3 is 20.7 Å². The third-order valence-electron chi connectivity index (χ3n) is 7.00. The molecule has 2 atom stereocenters. The summed E-state index contributed by atoms with van der Waals surface area (Å²) in [5, 5.41) is 18.5. The smallest absolute Gasteiger partial charge is 0.198 e. The molecule has 168 valence electrons. The van der Waals surface area contributed by atoms with Crippen LogP contribution in [0.1, 0.15) is 43.8 Å². The average molecular weight is 444 g/mol. The van der Waals surface area contributed by atoms with Crippen LogP contribution in [0.5, 0.6) is 5.75 Å². The van der Waals surface area contributed by atoms with Gasteiger partial charge in [-0.15, -0.1) is 0 Å². The molecule has 0 amide bonds. The quantitative estimate of drug-likeness (QED) is 0.269. The molecule has 4 N–H and O–H groups in total. The molecule has 1 aliphatic carbocycles. The normalized spacial score (nSPS) is 21.1. The van der Waals surface area contributed by atoms with Crippen molar-refractivity contribution < 1.29 is 14.7 Å². The highest BCUT2D eigenvalue weighted by atomic mass is 16.3. The van der Waals surface area contributed by atoms with Gasteiger partial charge in [0.15, 0.2) is 17.3 Å². The molecule has 2 bridgehead atoms. The van der Waals surface area contributed by atoms with Crippen molar-refractivity contribution in [1.29, 1.82) is 0 Å². The van der Waals surface area contributed by atoms with E-state index >= 15 is 0 Å². The van der Waals surface area contributed by atoms with Gasteiger partial charge in [-0.1, -0.05) is 24.3 Å². The number of phenolic OH excluding ortho intramolecular Hbond substituents is 1. The number of rotatable bonds is 6. The number of carbonyl (C=O) groups excluding carboxylic acids is 2. The SMILES string of the molecule is CNCCNc1c2c(c(O)c3[nH]cc(CN4CC5CC4C=N5)c13)C(=O)c1ccccc1C2=O. The Morgan fingerprint density at radius 2 is 1.91 bits per heavy atom. The number of aromatic hydroxyl groups is 1. The fourth-order valence-corrected chi connectivity index (χ4v) is 5.43. The van der Waals surface area contributed by atoms with Crippen molar-refractivity contribution in [2.24, 2.45) is 4.99 Å². The standard InChI is InChI=1S/C25H25N5O3/c1-26-6-7-27-21-18-13(11-30-12-14-8-15(30)10-28-14)9-29-22(18)25(33)20-19(21)23(31)16-4-2-3-5-17(16)24(20)32/h2-5,9-10,14-15,26-27,29,33H,6-8,11-12H2,1H3. The summed E-state index contributed by atoms with van der Waals surface area (Å²) in [4.78, 5) is 37.1. The fraction of sp³-hybridized carbons (Fsp3) is 0.320. The van der Waals surface area contributed by atoms with Crippen molar-refractivity contribution in [2.75, 3.05) is 32.0 Å². The molecule has 2 unspecified atom stereocenters. The Hall–Kier alpha value is -3.49. The predicted molar refractivity (Wildman–Crippen MR) is 127 cm³/mol. The molecular weight excluding hydrogens is 418 g/mol. The number of aromatic nitrogens is 1. The van der Waals surface area contributed by atoms with E-state index in [1.54, 1.807) is 24.3 Å². The average Bonchev–Trinajstić information content (AvgIpc) is 3.55. The van der Waals surface area contributed by atoms with Crippen LogP contribution >= 0.6 is 0 Å². The number of H-pyrrole nitrogens is 1. The third-order valence-corrected chi connectivity index (χ3v) is 7.00. The Bertz CT molecular complexity index is 1340. The first-order chi connectivity index (χ1) is 16.1. The van der Waals surface area contributed by atoms with E-state index in [0.29, 0.717) is 54.0 Å². The molecule has 3 aromatic rings. The molecule has 3 aliphatic rings. The van der Waals surface area contributed by atoms with Gasteiger partial charge in [-0.05, 0) is 19.0 Å². The minimum absolute atomic E-state index is 0.0684. The maximum atomic E-state index is 13.6. The number of ketones is 2. The number of hydrogen-bond acceptors (Lipinski definition) is 7. The number of anilines is 1. The van der Waals surface area contributed by atoms with Crippen LogP contribution in [0.4, 0.5) is 5.69 Å². The van der Waals surface area contributed by atoms with Gasteiger partial charge in [0.05, 0.1) is 28.4 Å². The van der Waals surface area contributed by atoms with E-state index < -0.39 is 0 Å². The molecule has 0 saturated carbocycles. The highest BCUT2D eigenvalue weighted by Gasteiger charge is 2.38. The van der Waals surface area contributed by atoms with Crippen LogP contribution in [0.25, 0.3) is 10.9 Å². The van der Waals surface area contributed by atoms with Crippen molar-refractivity contribution in [3.8, 4) is 5.75 Å². The van der Waals surface area contributed by atoms with E-state index in [-0.39, 0.29) is 28.4 Å². The number of carbonyl (C=O) groups is 2. The summed E-state index contributed by atoms with van der Waals surface area (Å²) in [6, 6.07) is 7.48. The number of fused-ring (bicyclic) bond motifs is 5. The van der Waals surface area contributed by atoms with Crippen LogP contribution in [0, 0.1) is 0 Å². The summed E-state index contributed by atoms with van der Waals surface area (Å²) >= 11 is 0. The van der Waals surface area contributed by atoms with Crippen LogP contribution < -0.4 is 10.6 Å². The van der Waals surface area contributed by atoms with Gasteiger partial charge in [0, 0.05) is 61.1 Å². The predicted octanol–water partition coefficient (Wildman–Crippen LogP) is 2.31. The maximum Gasteiger partial charge on any atom is 0.198 e. The zero-order valence-electron chi connectivity index (χ0n) is 18.3. The summed E-state index contributed by atoms with van der Waals surface area (Å²) in [7, 11) is 1.86. The van der Waals surface area contributed by atoms with Crippen LogP contribution in [-0.4, -0.2) is 71.5 Å². The monoisotopic (exact) mass is 443 g/mol. The molecule has 8 heteroatoms. The van der Waals surface area contributed by atoms with Gasteiger partial charge in [0.1, 0.15) is 0 Å². The molecule has 1 fully saturated rings. The number of likely N-dealkylation sites (N-methyl/N-ethyl adjacent to an activating group) is 1. The number of benzene rings is 2. The molecular formula is C25H25N5O3. The van der Waals surface area contributed by atoms with Crippen LogP contribution in [0.2, 0.25) is 0 Å². The first-order valence-corrected chi connectivity index (χ1v) is 11.3. The molecule has 33 heavy (non-hydrogen) atoms. The van der Waals surface area contributed by atoms with Crippen molar-refractivity contribution in [1.82, 2.24) is 15.2 Å². The van der Waals surface area contributed by atoms with Crippen LogP contribution in [-0.2, 0) is 6.54 Å². The summed E-state index contributed by atoms with van der Waals surface area (Å²) in [6.07, 6.45) is 4.94. The minimum Gasteiger partial charge on any atom is -0.505 e. The van der Waals surface area contributed by atoms with Crippen molar-refractivity contribution in [2.45, 2.75) is 25.0 Å². The van der Waals surface area contributed by atoms with Crippen LogP contribution in [0.15, 0.2) is 35.5 Å². The minimum atomic E-state index is -0.333. The second-order valence-electron chi connectivity index (χ2n) is 8.96. The van der Waals surface area contributed by atoms with E-state index in [4.69, 9.17) is 0 Å². The summed E-state index contributed by atoms with van der Waals surface area (Å²) < 4.78 is 0. The van der Waals surface area contributed by atoms with Gasteiger partial charge in [0.25, 0.3) is 0 Å². The highest BCUT2D eigenvalue weighted by molar-refractivity contribution is 6.33. The molecule has 8 nitrogen and oxygen atoms in total. The van der Waals surface area contributed by atoms with Gasteiger partial charge >= 0.3 is 0 Å². The summed E-state index contributed by atoms with van der Waals surface area (Å²) in [5.74, 6) is -0.743. The molecule has 1 saturated heterocycles. The Balaban J connectivity index is 1.54. The number of nitrogens with one attached hydrogen (secondary N) is 3. The van der Waals surface area contributed by atoms with E-state index in [1.165, 1.54) is 0 Å². The Kier molecular flexibility index (Phi) is 4.60. The highest BCUT2D eigenvalue weighted by Crippen LogP contribution is 2.45. The molecule has 2 aromatic carbocycles. The Morgan fingerprint density at radius 1 is 1.15 bits per heavy atom. The Morgan fingerprint density at radius 3 is 2.58 bits per heavy atom. The lowest BCUT2D eigenvalue weighted by molar-refractivity contribution is 0.0977. The second-order valence-corrected chi connectivity index (χ2v) is 8.96. The molecule has 6 rings (SSSR count). The number of likely N-dealkylation sites (tertiary alicyclic amines) is 1. The molecule has 0 radical (unpaired) electrons. The number of phenols is 1. The number of nitrogens with zero attached hydrogens (tertiary/aromatic N) is 2. The van der Waals surface area contributed by atoms with Gasteiger partial charge in [-0.25, -0.2) is 0 Å². The largest absolute Gasteiger partial charge is 0.505 e. The van der Waals surface area contributed by atoms with Crippen molar-refractivity contribution >= 4 is 34.4 Å². The van der Waals surface area contributed by atoms with Crippen molar-refractivity contribution in [3.05, 3.63) is 58.3 Å². The second kappa shape index (κ2) is 7.54. The topological polar surface area (TPSA) is 110 Å². The zero-order valence-corrected chi connectivity index (χ0v) is 18.3. The van der Waals surface area contributed by atoms with E-state index in [2.05, 4.69) is 25.5 Å². The fourth-order valence-electron chi connectivity index (χ4n) is 5.43. The zero-order chi connectivity index (χ0) is 22.7. The third kappa shape index (κ3) is 2.94. The van der Waals surface area contributed by atoms with Crippen molar-refractivity contribution in [3.63, 3.8) is 0 Å². The number of aromatic amines is 1. The molecule has 1 aromatic heterocycles. The first kappa shape index (κ1) is 20.1. The Labute approximate surface area is 190 Å². The van der Waals surface area contributed by atoms with E-state index in [1.807, 2.05) is 19.5 Å². The van der Waals surface area contributed by atoms with Crippen LogP contribution in [0.3, 0.4) is 0 Å². The maximum absolute atomic E-state index is 13.6.